The van der Waals surface area contributed by atoms with E-state index in [1.54, 1.807) is 10.7 Å². The van der Waals surface area contributed by atoms with Crippen LogP contribution in [0.3, 0.4) is 0 Å². The Hall–Kier alpha value is -1.96. The summed E-state index contributed by atoms with van der Waals surface area (Å²) in [5.41, 5.74) is 8.04. The zero-order chi connectivity index (χ0) is 16.2. The Morgan fingerprint density at radius 2 is 2.30 bits per heavy atom. The molecule has 3 heterocycles. The molecule has 0 bridgehead atoms. The van der Waals surface area contributed by atoms with E-state index in [1.807, 2.05) is 24.4 Å². The van der Waals surface area contributed by atoms with E-state index in [0.717, 1.165) is 21.7 Å². The normalized spacial score (nSPS) is 11.0. The third kappa shape index (κ3) is 3.21. The fraction of sp³-hybridized carbons (Fsp3) is 0.267. The first kappa shape index (κ1) is 15.9. The first-order valence-electron chi connectivity index (χ1n) is 7.21. The molecule has 0 saturated heterocycles. The number of hydrogen-bond acceptors (Lipinski definition) is 5. The fourth-order valence-corrected chi connectivity index (χ4v) is 3.59. The maximum absolute atomic E-state index is 12.1. The van der Waals surface area contributed by atoms with Crippen molar-refractivity contribution in [2.45, 2.75) is 6.42 Å². The molecule has 0 aliphatic heterocycles. The Labute approximate surface area is 142 Å². The van der Waals surface area contributed by atoms with Gasteiger partial charge in [-0.3, -0.25) is 4.79 Å². The summed E-state index contributed by atoms with van der Waals surface area (Å²) in [5.74, 6) is 0.261. The Bertz CT molecular complexity index is 828. The van der Waals surface area contributed by atoms with Crippen LogP contribution in [-0.4, -0.2) is 39.5 Å². The van der Waals surface area contributed by atoms with E-state index in [9.17, 15) is 4.79 Å². The molecule has 0 saturated carbocycles. The number of aromatic nitrogens is 3. The van der Waals surface area contributed by atoms with Gasteiger partial charge in [-0.25, -0.2) is 9.50 Å². The third-order valence-electron chi connectivity index (χ3n) is 3.32. The molecule has 0 atom stereocenters. The van der Waals surface area contributed by atoms with Crippen molar-refractivity contribution in [2.24, 2.45) is 5.73 Å². The summed E-state index contributed by atoms with van der Waals surface area (Å²) in [6.45, 7) is 0.821. The van der Waals surface area contributed by atoms with Crippen molar-refractivity contribution < 1.29 is 4.79 Å². The zero-order valence-corrected chi connectivity index (χ0v) is 13.9. The van der Waals surface area contributed by atoms with E-state index in [4.69, 9.17) is 17.3 Å². The van der Waals surface area contributed by atoms with Crippen LogP contribution in [0, 0.1) is 0 Å². The van der Waals surface area contributed by atoms with Crippen LogP contribution in [-0.2, 0) is 6.42 Å². The van der Waals surface area contributed by atoms with Crippen LogP contribution in [0.4, 0.5) is 0 Å². The maximum Gasteiger partial charge on any atom is 0.280 e. The molecular weight excluding hydrogens is 334 g/mol. The maximum atomic E-state index is 12.1. The summed E-state index contributed by atoms with van der Waals surface area (Å²) < 4.78 is 1.79. The van der Waals surface area contributed by atoms with Crippen molar-refractivity contribution >= 4 is 34.4 Å². The molecule has 3 aromatic heterocycles. The van der Waals surface area contributed by atoms with E-state index >= 15 is 0 Å². The molecule has 3 N–H and O–H groups in total. The van der Waals surface area contributed by atoms with Crippen LogP contribution in [0.15, 0.2) is 30.6 Å². The van der Waals surface area contributed by atoms with Gasteiger partial charge in [-0.2, -0.15) is 5.10 Å². The van der Waals surface area contributed by atoms with Gasteiger partial charge in [-0.1, -0.05) is 6.07 Å². The highest BCUT2D eigenvalue weighted by molar-refractivity contribution is 7.14. The van der Waals surface area contributed by atoms with Gasteiger partial charge >= 0.3 is 0 Å². The lowest BCUT2D eigenvalue weighted by atomic mass is 10.1. The van der Waals surface area contributed by atoms with E-state index in [2.05, 4.69) is 15.4 Å². The van der Waals surface area contributed by atoms with Gasteiger partial charge in [0.15, 0.2) is 5.01 Å². The highest BCUT2D eigenvalue weighted by atomic mass is 35.5. The number of pyridine rings is 1. The molecule has 23 heavy (non-hydrogen) atoms. The number of halogens is 1. The van der Waals surface area contributed by atoms with Crippen LogP contribution in [0.2, 0.25) is 0 Å². The van der Waals surface area contributed by atoms with E-state index < -0.39 is 0 Å². The highest BCUT2D eigenvalue weighted by Crippen LogP contribution is 2.31. The van der Waals surface area contributed by atoms with E-state index in [1.165, 1.54) is 11.3 Å². The molecule has 120 valence electrons. The number of amides is 1. The average Bonchev–Trinajstić information content (AvgIpc) is 3.17. The summed E-state index contributed by atoms with van der Waals surface area (Å²) >= 11 is 7.27. The lowest BCUT2D eigenvalue weighted by Gasteiger charge is -1.99. The second-order valence-electron chi connectivity index (χ2n) is 4.86. The SMILES string of the molecule is NCCNC(=O)c1nc(-c2cnn3ccccc23)c(CCCl)s1. The van der Waals surface area contributed by atoms with Gasteiger partial charge in [0.1, 0.15) is 0 Å². The van der Waals surface area contributed by atoms with Crippen LogP contribution < -0.4 is 11.1 Å². The first-order chi connectivity index (χ1) is 11.2. The molecule has 1 amide bonds. The largest absolute Gasteiger partial charge is 0.349 e. The van der Waals surface area contributed by atoms with Gasteiger partial charge in [0.2, 0.25) is 0 Å². The van der Waals surface area contributed by atoms with E-state index in [0.29, 0.717) is 30.4 Å². The lowest BCUT2D eigenvalue weighted by molar-refractivity contribution is 0.0954. The number of fused-ring (bicyclic) bond motifs is 1. The Kier molecular flexibility index (Phi) is 4.90. The zero-order valence-electron chi connectivity index (χ0n) is 12.3. The molecule has 0 fully saturated rings. The van der Waals surface area contributed by atoms with Gasteiger partial charge in [0, 0.05) is 35.6 Å². The van der Waals surface area contributed by atoms with E-state index in [-0.39, 0.29) is 5.91 Å². The minimum absolute atomic E-state index is 0.209. The summed E-state index contributed by atoms with van der Waals surface area (Å²) in [4.78, 5) is 17.6. The predicted molar refractivity (Wildman–Crippen MR) is 92.1 cm³/mol. The summed E-state index contributed by atoms with van der Waals surface area (Å²) in [5, 5.41) is 7.50. The number of thiazole rings is 1. The second-order valence-corrected chi connectivity index (χ2v) is 6.32. The summed E-state index contributed by atoms with van der Waals surface area (Å²) in [6.07, 6.45) is 4.30. The van der Waals surface area contributed by atoms with Crippen molar-refractivity contribution in [1.82, 2.24) is 19.9 Å². The number of alkyl halides is 1. The van der Waals surface area contributed by atoms with Crippen LogP contribution >= 0.6 is 22.9 Å². The second kappa shape index (κ2) is 7.08. The van der Waals surface area contributed by atoms with Crippen LogP contribution in [0.5, 0.6) is 0 Å². The molecule has 0 aliphatic rings. The van der Waals surface area contributed by atoms with Crippen molar-refractivity contribution in [3.63, 3.8) is 0 Å². The molecule has 0 aromatic carbocycles. The van der Waals surface area contributed by atoms with Crippen molar-refractivity contribution in [3.8, 4) is 11.3 Å². The number of nitrogens with two attached hydrogens (primary N) is 1. The molecule has 8 heteroatoms. The number of carbonyl (C=O) groups excluding carboxylic acids is 1. The molecule has 0 aliphatic carbocycles. The molecule has 3 aromatic rings. The predicted octanol–water partition coefficient (Wildman–Crippen LogP) is 1.93. The molecule has 6 nitrogen and oxygen atoms in total. The number of nitrogens with one attached hydrogen (secondary N) is 1. The topological polar surface area (TPSA) is 85.3 Å². The van der Waals surface area contributed by atoms with Gasteiger partial charge in [-0.15, -0.1) is 22.9 Å². The smallest absolute Gasteiger partial charge is 0.280 e. The van der Waals surface area contributed by atoms with Crippen molar-refractivity contribution in [2.75, 3.05) is 19.0 Å². The molecule has 3 rings (SSSR count). The average molecular weight is 350 g/mol. The van der Waals surface area contributed by atoms with Crippen LogP contribution in [0.25, 0.3) is 16.8 Å². The fourth-order valence-electron chi connectivity index (χ4n) is 2.29. The highest BCUT2D eigenvalue weighted by Gasteiger charge is 2.19. The van der Waals surface area contributed by atoms with Gasteiger partial charge in [-0.05, 0) is 18.6 Å². The number of aryl methyl sites for hydroxylation is 1. The van der Waals surface area contributed by atoms with Gasteiger partial charge in [0.05, 0.1) is 17.4 Å². The van der Waals surface area contributed by atoms with Crippen molar-refractivity contribution in [3.05, 3.63) is 40.5 Å². The van der Waals surface area contributed by atoms with Gasteiger partial charge in [0.25, 0.3) is 5.91 Å². The quantitative estimate of drug-likeness (QED) is 0.666. The molecular formula is C15H16ClN5OS. The lowest BCUT2D eigenvalue weighted by Crippen LogP contribution is -2.28. The Morgan fingerprint density at radius 1 is 1.43 bits per heavy atom. The third-order valence-corrected chi connectivity index (χ3v) is 4.63. The monoisotopic (exact) mass is 349 g/mol. The van der Waals surface area contributed by atoms with Crippen molar-refractivity contribution in [1.29, 1.82) is 0 Å². The summed E-state index contributed by atoms with van der Waals surface area (Å²) in [6, 6.07) is 5.83. The number of nitrogens with zero attached hydrogens (tertiary/aromatic N) is 3. The number of rotatable bonds is 6. The first-order valence-corrected chi connectivity index (χ1v) is 8.56. The minimum Gasteiger partial charge on any atom is -0.349 e. The Morgan fingerprint density at radius 3 is 3.09 bits per heavy atom. The number of carbonyl (C=O) groups is 1. The summed E-state index contributed by atoms with van der Waals surface area (Å²) in [7, 11) is 0. The van der Waals surface area contributed by atoms with Gasteiger partial charge < -0.3 is 11.1 Å². The standard InChI is InChI=1S/C15H16ClN5OS/c16-5-4-12-13(20-15(23-12)14(22)18-7-6-17)10-9-19-21-8-2-1-3-11(10)21/h1-3,8-9H,4-7,17H2,(H,18,22). The molecule has 0 unspecified atom stereocenters. The number of hydrogen-bond donors (Lipinski definition) is 2. The Balaban J connectivity index is 2.03. The minimum atomic E-state index is -0.209. The molecule has 0 spiro atoms. The van der Waals surface area contributed by atoms with Crippen LogP contribution in [0.1, 0.15) is 14.7 Å². The molecule has 0 radical (unpaired) electrons.